The largest absolute Gasteiger partial charge is 0.461 e. The molecule has 0 radical (unpaired) electrons. The van der Waals surface area contributed by atoms with Crippen molar-refractivity contribution in [3.8, 4) is 0 Å². The molecule has 0 fully saturated rings. The SMILES string of the molecule is C=CC/C(=C\C[C@H](OC(=O)C[C@H](O[Si](CC)(CC)CC)C(C)(C)C(=O)[C@H](C)[C@@H](C(=O)OCC(Cl)(Cl)Cl)[C@@H](C)CC=C)/C(C)=C/c1csc(C)n1)C(F)(F)F. The summed E-state index contributed by atoms with van der Waals surface area (Å²) in [4.78, 5) is 46.4. The normalized spacial score (nSPS) is 16.2. The van der Waals surface area contributed by atoms with Crippen LogP contribution in [0.5, 0.6) is 0 Å². The van der Waals surface area contributed by atoms with E-state index in [2.05, 4.69) is 18.1 Å². The molecule has 0 N–H and O–H groups in total. The fourth-order valence-corrected chi connectivity index (χ4v) is 10.1. The van der Waals surface area contributed by atoms with Crippen LogP contribution in [0.15, 0.2) is 47.9 Å². The number of alkyl halides is 6. The standard InChI is InChI=1S/C39H57Cl3F3NO6SSi/c1-12-17-25(6)34(36(49)50-24-38(40,41)42)27(8)35(48)37(10,11)32(52-54(14-3,15-4)16-5)22-33(47)51-31(20-19-29(18-13-2)39(43,44)45)26(7)21-30-23-53-28(9)46-30/h12-13,19,21,23,25,27,31-32,34H,1-2,14-18,20,22,24H2,3-11H3/b26-21+,29-19+/t25-,27+,31-,32-,34-/m0/s1. The fourth-order valence-electron chi connectivity index (χ4n) is 6.42. The predicted octanol–water partition coefficient (Wildman–Crippen LogP) is 12.0. The van der Waals surface area contributed by atoms with Crippen LogP contribution in [0.2, 0.25) is 18.1 Å². The molecule has 306 valence electrons. The van der Waals surface area contributed by atoms with Crippen LogP contribution in [0.3, 0.4) is 0 Å². The van der Waals surface area contributed by atoms with Crippen LogP contribution in [-0.4, -0.2) is 59.8 Å². The number of thiazole rings is 1. The van der Waals surface area contributed by atoms with Gasteiger partial charge in [0.1, 0.15) is 18.5 Å². The number of allylic oxidation sites excluding steroid dienone is 3. The van der Waals surface area contributed by atoms with E-state index < -0.39 is 78.3 Å². The van der Waals surface area contributed by atoms with E-state index in [9.17, 15) is 27.6 Å². The van der Waals surface area contributed by atoms with Gasteiger partial charge >= 0.3 is 18.1 Å². The van der Waals surface area contributed by atoms with E-state index in [1.54, 1.807) is 52.2 Å². The van der Waals surface area contributed by atoms with Crippen molar-refractivity contribution in [3.63, 3.8) is 0 Å². The van der Waals surface area contributed by atoms with Gasteiger partial charge in [-0.15, -0.1) is 24.5 Å². The van der Waals surface area contributed by atoms with Crippen molar-refractivity contribution in [1.29, 1.82) is 0 Å². The number of aryl methyl sites for hydroxylation is 1. The summed E-state index contributed by atoms with van der Waals surface area (Å²) in [7, 11) is -2.50. The minimum Gasteiger partial charge on any atom is -0.461 e. The Hall–Kier alpha value is -1.96. The van der Waals surface area contributed by atoms with Crippen LogP contribution >= 0.6 is 46.1 Å². The van der Waals surface area contributed by atoms with Gasteiger partial charge in [-0.2, -0.15) is 13.2 Å². The summed E-state index contributed by atoms with van der Waals surface area (Å²) in [5.74, 6) is -4.07. The second kappa shape index (κ2) is 22.1. The number of esters is 2. The summed E-state index contributed by atoms with van der Waals surface area (Å²) < 4.78 is 57.8. The van der Waals surface area contributed by atoms with Crippen molar-refractivity contribution in [1.82, 2.24) is 4.98 Å². The Balaban J connectivity index is 3.69. The number of hydrogen-bond acceptors (Lipinski definition) is 8. The van der Waals surface area contributed by atoms with E-state index >= 15 is 0 Å². The fraction of sp³-hybridized carbons (Fsp3) is 0.641. The lowest BCUT2D eigenvalue weighted by molar-refractivity contribution is -0.159. The van der Waals surface area contributed by atoms with E-state index in [0.717, 1.165) is 17.2 Å². The van der Waals surface area contributed by atoms with Crippen molar-refractivity contribution in [2.24, 2.45) is 23.2 Å². The highest BCUT2D eigenvalue weighted by atomic mass is 35.6. The summed E-state index contributed by atoms with van der Waals surface area (Å²) >= 11 is 18.9. The maximum absolute atomic E-state index is 14.6. The molecule has 0 saturated carbocycles. The molecule has 0 aliphatic rings. The Morgan fingerprint density at radius 3 is 2.07 bits per heavy atom. The van der Waals surface area contributed by atoms with Gasteiger partial charge in [-0.1, -0.05) is 101 Å². The average molecular weight is 859 g/mol. The molecule has 15 heteroatoms. The number of Topliss-reactive ketones (excluding diaryl/α,β-unsaturated/α-hetero) is 1. The van der Waals surface area contributed by atoms with Gasteiger partial charge in [-0.3, -0.25) is 14.4 Å². The number of hydrogen-bond donors (Lipinski definition) is 0. The average Bonchev–Trinajstić information content (AvgIpc) is 3.49. The maximum atomic E-state index is 14.6. The summed E-state index contributed by atoms with van der Waals surface area (Å²) in [6.45, 7) is 23.0. The van der Waals surface area contributed by atoms with Gasteiger partial charge in [-0.05, 0) is 62.4 Å². The lowest BCUT2D eigenvalue weighted by atomic mass is 9.70. The van der Waals surface area contributed by atoms with Crippen LogP contribution in [0.4, 0.5) is 13.2 Å². The number of halogens is 6. The van der Waals surface area contributed by atoms with E-state index in [-0.39, 0.29) is 24.5 Å². The molecule has 1 rings (SSSR count). The minimum atomic E-state index is -4.60. The van der Waals surface area contributed by atoms with Gasteiger partial charge in [-0.25, -0.2) is 4.98 Å². The van der Waals surface area contributed by atoms with Gasteiger partial charge in [0, 0.05) is 28.7 Å². The number of ketones is 1. The Morgan fingerprint density at radius 1 is 1.02 bits per heavy atom. The monoisotopic (exact) mass is 857 g/mol. The topological polar surface area (TPSA) is 91.8 Å². The van der Waals surface area contributed by atoms with E-state index in [0.29, 0.717) is 35.8 Å². The van der Waals surface area contributed by atoms with E-state index in [4.69, 9.17) is 48.7 Å². The highest BCUT2D eigenvalue weighted by Crippen LogP contribution is 2.40. The Morgan fingerprint density at radius 2 is 1.61 bits per heavy atom. The van der Waals surface area contributed by atoms with Gasteiger partial charge in [0.2, 0.25) is 3.79 Å². The minimum absolute atomic E-state index is 0.262. The first-order valence-corrected chi connectivity index (χ1v) is 22.7. The molecule has 0 amide bonds. The molecule has 0 unspecified atom stereocenters. The number of ether oxygens (including phenoxy) is 2. The first kappa shape index (κ1) is 50.1. The Bertz CT molecular complexity index is 1480. The zero-order chi connectivity index (χ0) is 41.7. The van der Waals surface area contributed by atoms with Gasteiger partial charge in [0.25, 0.3) is 0 Å². The molecule has 0 aliphatic heterocycles. The Labute approximate surface area is 339 Å². The number of nitrogens with zero attached hydrogens (tertiary/aromatic N) is 1. The molecule has 5 atom stereocenters. The maximum Gasteiger partial charge on any atom is 0.412 e. The third-order valence-electron chi connectivity index (χ3n) is 9.97. The van der Waals surface area contributed by atoms with E-state index in [1.807, 2.05) is 27.7 Å². The highest BCUT2D eigenvalue weighted by Gasteiger charge is 2.48. The molecule has 54 heavy (non-hydrogen) atoms. The first-order valence-electron chi connectivity index (χ1n) is 18.1. The molecule has 0 spiro atoms. The third kappa shape index (κ3) is 15.5. The number of carbonyl (C=O) groups is 3. The molecule has 0 aromatic carbocycles. The number of carbonyl (C=O) groups excluding carboxylic acids is 3. The van der Waals surface area contributed by atoms with Crippen LogP contribution in [-0.2, 0) is 28.3 Å². The van der Waals surface area contributed by atoms with Crippen LogP contribution < -0.4 is 0 Å². The summed E-state index contributed by atoms with van der Waals surface area (Å²) in [6.07, 6.45) is -1.83. The molecule has 0 bridgehead atoms. The van der Waals surface area contributed by atoms with Crippen molar-refractivity contribution in [3.05, 3.63) is 58.6 Å². The molecule has 0 saturated heterocycles. The smallest absolute Gasteiger partial charge is 0.412 e. The first-order chi connectivity index (χ1) is 24.9. The molecule has 1 aromatic heterocycles. The van der Waals surface area contributed by atoms with Crippen LogP contribution in [0, 0.1) is 30.1 Å². The summed E-state index contributed by atoms with van der Waals surface area (Å²) in [6, 6.07) is 2.12. The number of rotatable bonds is 23. The molecule has 1 aromatic rings. The second-order valence-corrected chi connectivity index (χ2v) is 22.6. The van der Waals surface area contributed by atoms with Gasteiger partial charge < -0.3 is 13.9 Å². The lowest BCUT2D eigenvalue weighted by Crippen LogP contribution is -2.51. The summed E-state index contributed by atoms with van der Waals surface area (Å²) in [5.41, 5.74) is -1.08. The zero-order valence-corrected chi connectivity index (χ0v) is 37.0. The van der Waals surface area contributed by atoms with Crippen molar-refractivity contribution >= 4 is 78.3 Å². The van der Waals surface area contributed by atoms with Crippen molar-refractivity contribution in [2.75, 3.05) is 6.61 Å². The van der Waals surface area contributed by atoms with Crippen LogP contribution in [0.1, 0.15) is 91.8 Å². The highest BCUT2D eigenvalue weighted by molar-refractivity contribution is 7.09. The predicted molar refractivity (Wildman–Crippen MR) is 217 cm³/mol. The molecule has 7 nitrogen and oxygen atoms in total. The van der Waals surface area contributed by atoms with E-state index in [1.165, 1.54) is 11.3 Å². The summed E-state index contributed by atoms with van der Waals surface area (Å²) in [5, 5.41) is 2.59. The quantitative estimate of drug-likeness (QED) is 0.0468. The second-order valence-electron chi connectivity index (χ2n) is 14.3. The zero-order valence-electron chi connectivity index (χ0n) is 32.9. The molecular weight excluding hydrogens is 802 g/mol. The molecular formula is C39H57Cl3F3NO6SSi. The van der Waals surface area contributed by atoms with Crippen molar-refractivity contribution in [2.45, 2.75) is 128 Å². The molecule has 1 heterocycles. The van der Waals surface area contributed by atoms with Gasteiger partial charge in [0.05, 0.1) is 29.1 Å². The van der Waals surface area contributed by atoms with Crippen LogP contribution in [0.25, 0.3) is 6.08 Å². The Kier molecular flexibility index (Phi) is 20.5. The van der Waals surface area contributed by atoms with Gasteiger partial charge in [0.15, 0.2) is 8.32 Å². The third-order valence-corrected chi connectivity index (χ3v) is 15.7. The number of aromatic nitrogens is 1. The van der Waals surface area contributed by atoms with Crippen molar-refractivity contribution < 1.29 is 41.5 Å². The molecule has 0 aliphatic carbocycles. The lowest BCUT2D eigenvalue weighted by Gasteiger charge is -2.42.